The Morgan fingerprint density at radius 1 is 0.969 bits per heavy atom. The topological polar surface area (TPSA) is 59.8 Å². The second-order valence-electron chi connectivity index (χ2n) is 7.94. The predicted octanol–water partition coefficient (Wildman–Crippen LogP) is 4.94. The van der Waals surface area contributed by atoms with Gasteiger partial charge in [-0.25, -0.2) is 9.37 Å². The van der Waals surface area contributed by atoms with Crippen molar-refractivity contribution in [2.45, 2.75) is 13.3 Å². The summed E-state index contributed by atoms with van der Waals surface area (Å²) in [4.78, 5) is 22.3. The Balaban J connectivity index is 1.69. The largest absolute Gasteiger partial charge is 0.355 e. The van der Waals surface area contributed by atoms with E-state index in [1.165, 1.54) is 22.3 Å². The zero-order chi connectivity index (χ0) is 22.5. The molecule has 5 nitrogen and oxygen atoms in total. The summed E-state index contributed by atoms with van der Waals surface area (Å²) in [6, 6.07) is 19.9. The van der Waals surface area contributed by atoms with Crippen molar-refractivity contribution >= 4 is 5.95 Å². The summed E-state index contributed by atoms with van der Waals surface area (Å²) in [7, 11) is 1.70. The molecule has 2 aromatic heterocycles. The molecule has 0 aliphatic carbocycles. The minimum Gasteiger partial charge on any atom is -0.355 e. The van der Waals surface area contributed by atoms with Crippen LogP contribution < -0.4 is 10.9 Å². The third-order valence-electron chi connectivity index (χ3n) is 5.41. The van der Waals surface area contributed by atoms with Crippen LogP contribution in [0.15, 0.2) is 83.9 Å². The van der Waals surface area contributed by atoms with E-state index >= 15 is 0 Å². The minimum absolute atomic E-state index is 0.198. The molecule has 0 saturated carbocycles. The first-order valence-corrected chi connectivity index (χ1v) is 10.6. The second-order valence-corrected chi connectivity index (χ2v) is 7.94. The average Bonchev–Trinajstić information content (AvgIpc) is 2.82. The number of halogens is 1. The standard InChI is InChI=1S/C26H25FN4O/c1-18(16-19-6-4-3-5-7-19)17-29-26-30-24(21-12-14-28-15-13-21)23(25(32)31(26)2)20-8-10-22(27)11-9-20/h3-15,18H,16-17H2,1-2H3,(H,29,30). The lowest BCUT2D eigenvalue weighted by atomic mass is 10.0. The molecule has 0 spiro atoms. The second kappa shape index (κ2) is 9.56. The van der Waals surface area contributed by atoms with Crippen LogP contribution in [0.3, 0.4) is 0 Å². The molecule has 6 heteroatoms. The van der Waals surface area contributed by atoms with Crippen molar-refractivity contribution in [1.82, 2.24) is 14.5 Å². The Labute approximate surface area is 186 Å². The molecule has 0 radical (unpaired) electrons. The summed E-state index contributed by atoms with van der Waals surface area (Å²) < 4.78 is 15.0. The zero-order valence-electron chi connectivity index (χ0n) is 18.1. The Morgan fingerprint density at radius 3 is 2.34 bits per heavy atom. The molecule has 0 saturated heterocycles. The van der Waals surface area contributed by atoms with Crippen molar-refractivity contribution in [3.8, 4) is 22.4 Å². The first kappa shape index (κ1) is 21.4. The van der Waals surface area contributed by atoms with Gasteiger partial charge >= 0.3 is 0 Å². The molecular weight excluding hydrogens is 403 g/mol. The maximum absolute atomic E-state index is 13.5. The molecule has 1 unspecified atom stereocenters. The number of nitrogens with zero attached hydrogens (tertiary/aromatic N) is 3. The first-order valence-electron chi connectivity index (χ1n) is 10.6. The third kappa shape index (κ3) is 4.75. The summed E-state index contributed by atoms with van der Waals surface area (Å²) in [6.07, 6.45) is 4.25. The van der Waals surface area contributed by atoms with Gasteiger partial charge in [0.2, 0.25) is 5.95 Å². The monoisotopic (exact) mass is 428 g/mol. The molecule has 1 atom stereocenters. The Hall–Kier alpha value is -3.80. The van der Waals surface area contributed by atoms with E-state index in [1.807, 2.05) is 30.3 Å². The molecule has 2 heterocycles. The zero-order valence-corrected chi connectivity index (χ0v) is 18.1. The fraction of sp³-hybridized carbons (Fsp3) is 0.192. The highest BCUT2D eigenvalue weighted by Crippen LogP contribution is 2.28. The molecule has 1 N–H and O–H groups in total. The van der Waals surface area contributed by atoms with Crippen LogP contribution in [0.2, 0.25) is 0 Å². The van der Waals surface area contributed by atoms with Crippen molar-refractivity contribution in [1.29, 1.82) is 0 Å². The van der Waals surface area contributed by atoms with E-state index in [-0.39, 0.29) is 11.4 Å². The van der Waals surface area contributed by atoms with Gasteiger partial charge in [0, 0.05) is 31.5 Å². The summed E-state index contributed by atoms with van der Waals surface area (Å²) in [5, 5.41) is 3.35. The quantitative estimate of drug-likeness (QED) is 0.453. The number of pyridine rings is 1. The molecule has 2 aromatic carbocycles. The van der Waals surface area contributed by atoms with Crippen molar-refractivity contribution in [2.75, 3.05) is 11.9 Å². The van der Waals surface area contributed by atoms with Gasteiger partial charge in [0.05, 0.1) is 11.3 Å². The average molecular weight is 429 g/mol. The number of hydrogen-bond acceptors (Lipinski definition) is 4. The predicted molar refractivity (Wildman–Crippen MR) is 126 cm³/mol. The van der Waals surface area contributed by atoms with Gasteiger partial charge in [-0.3, -0.25) is 14.3 Å². The van der Waals surface area contributed by atoms with Gasteiger partial charge in [-0.2, -0.15) is 0 Å². The highest BCUT2D eigenvalue weighted by molar-refractivity contribution is 5.80. The van der Waals surface area contributed by atoms with E-state index in [0.29, 0.717) is 35.2 Å². The number of nitrogens with one attached hydrogen (secondary N) is 1. The van der Waals surface area contributed by atoms with Gasteiger partial charge in [0.25, 0.3) is 5.56 Å². The molecule has 0 fully saturated rings. The SMILES string of the molecule is CC(CNc1nc(-c2ccncc2)c(-c2ccc(F)cc2)c(=O)n1C)Cc1ccccc1. The van der Waals surface area contributed by atoms with Gasteiger partial charge < -0.3 is 5.32 Å². The van der Waals surface area contributed by atoms with E-state index in [1.54, 1.807) is 31.6 Å². The first-order chi connectivity index (χ1) is 15.5. The number of hydrogen-bond donors (Lipinski definition) is 1. The summed E-state index contributed by atoms with van der Waals surface area (Å²) in [5.41, 5.74) is 3.44. The molecule has 0 aliphatic rings. The molecule has 162 valence electrons. The van der Waals surface area contributed by atoms with Crippen LogP contribution in [0.1, 0.15) is 12.5 Å². The fourth-order valence-corrected chi connectivity index (χ4v) is 3.71. The Kier molecular flexibility index (Phi) is 6.40. The number of anilines is 1. The maximum Gasteiger partial charge on any atom is 0.263 e. The van der Waals surface area contributed by atoms with Gasteiger partial charge in [-0.05, 0) is 47.7 Å². The van der Waals surface area contributed by atoms with Gasteiger partial charge in [0.1, 0.15) is 5.82 Å². The lowest BCUT2D eigenvalue weighted by molar-refractivity contribution is 0.606. The highest BCUT2D eigenvalue weighted by atomic mass is 19.1. The molecule has 4 rings (SSSR count). The van der Waals surface area contributed by atoms with Crippen LogP contribution in [-0.4, -0.2) is 21.1 Å². The van der Waals surface area contributed by atoms with E-state index in [0.717, 1.165) is 12.0 Å². The van der Waals surface area contributed by atoms with Crippen LogP contribution in [0.5, 0.6) is 0 Å². The van der Waals surface area contributed by atoms with Crippen LogP contribution in [0.4, 0.5) is 10.3 Å². The smallest absolute Gasteiger partial charge is 0.263 e. The van der Waals surface area contributed by atoms with E-state index < -0.39 is 0 Å². The molecular formula is C26H25FN4O. The van der Waals surface area contributed by atoms with E-state index in [9.17, 15) is 9.18 Å². The van der Waals surface area contributed by atoms with Crippen molar-refractivity contribution < 1.29 is 4.39 Å². The molecule has 0 bridgehead atoms. The summed E-state index contributed by atoms with van der Waals surface area (Å²) >= 11 is 0. The fourth-order valence-electron chi connectivity index (χ4n) is 3.71. The van der Waals surface area contributed by atoms with Crippen LogP contribution >= 0.6 is 0 Å². The normalized spacial score (nSPS) is 11.8. The van der Waals surface area contributed by atoms with Crippen LogP contribution in [0, 0.1) is 11.7 Å². The number of rotatable bonds is 7. The molecule has 4 aromatic rings. The van der Waals surface area contributed by atoms with Crippen molar-refractivity contribution in [3.63, 3.8) is 0 Å². The molecule has 0 aliphatic heterocycles. The molecule has 0 amide bonds. The van der Waals surface area contributed by atoms with Gasteiger partial charge in [-0.1, -0.05) is 49.4 Å². The maximum atomic E-state index is 13.5. The highest BCUT2D eigenvalue weighted by Gasteiger charge is 2.18. The minimum atomic E-state index is -0.352. The van der Waals surface area contributed by atoms with Crippen LogP contribution in [-0.2, 0) is 13.5 Å². The van der Waals surface area contributed by atoms with Gasteiger partial charge in [0.15, 0.2) is 0 Å². The van der Waals surface area contributed by atoms with E-state index in [4.69, 9.17) is 4.98 Å². The Bertz CT molecular complexity index is 1240. The van der Waals surface area contributed by atoms with E-state index in [2.05, 4.69) is 29.4 Å². The summed E-state index contributed by atoms with van der Waals surface area (Å²) in [5.74, 6) is 0.484. The summed E-state index contributed by atoms with van der Waals surface area (Å²) in [6.45, 7) is 2.83. The van der Waals surface area contributed by atoms with Crippen LogP contribution in [0.25, 0.3) is 22.4 Å². The lowest BCUT2D eigenvalue weighted by Gasteiger charge is -2.18. The number of benzene rings is 2. The molecule has 32 heavy (non-hydrogen) atoms. The van der Waals surface area contributed by atoms with Crippen molar-refractivity contribution in [2.24, 2.45) is 13.0 Å². The Morgan fingerprint density at radius 2 is 1.66 bits per heavy atom. The number of aromatic nitrogens is 3. The van der Waals surface area contributed by atoms with Crippen molar-refractivity contribution in [3.05, 3.63) is 101 Å². The lowest BCUT2D eigenvalue weighted by Crippen LogP contribution is -2.26. The van der Waals surface area contributed by atoms with Gasteiger partial charge in [-0.15, -0.1) is 0 Å². The third-order valence-corrected chi connectivity index (χ3v) is 5.41.